The van der Waals surface area contributed by atoms with Crippen LogP contribution in [0.2, 0.25) is 0 Å². The van der Waals surface area contributed by atoms with E-state index in [1.54, 1.807) is 12.4 Å². The van der Waals surface area contributed by atoms with Crippen LogP contribution >= 0.6 is 0 Å². The number of hydrogen-bond acceptors (Lipinski definition) is 3. The highest BCUT2D eigenvalue weighted by atomic mass is 16.2. The van der Waals surface area contributed by atoms with Crippen molar-refractivity contribution in [2.45, 2.75) is 39.7 Å². The maximum atomic E-state index is 13.0. The summed E-state index contributed by atoms with van der Waals surface area (Å²) >= 11 is 0. The lowest BCUT2D eigenvalue weighted by Gasteiger charge is -2.23. The molecule has 1 atom stereocenters. The van der Waals surface area contributed by atoms with Gasteiger partial charge in [0.15, 0.2) is 0 Å². The molecule has 1 amide bonds. The number of pyridine rings is 1. The first-order valence-corrected chi connectivity index (χ1v) is 8.66. The van der Waals surface area contributed by atoms with Gasteiger partial charge in [-0.25, -0.2) is 0 Å². The first-order valence-electron chi connectivity index (χ1n) is 8.66. The molecule has 2 heterocycles. The number of benzene rings is 1. The molecule has 0 saturated carbocycles. The fraction of sp³-hybridized carbons (Fsp3) is 0.400. The average molecular weight is 323 g/mol. The molecular weight excluding hydrogens is 298 g/mol. The Bertz CT molecular complexity index is 726. The van der Waals surface area contributed by atoms with E-state index in [1.807, 2.05) is 29.2 Å². The summed E-state index contributed by atoms with van der Waals surface area (Å²) in [6.45, 7) is 7.38. The maximum Gasteiger partial charge on any atom is 0.260 e. The second-order valence-corrected chi connectivity index (χ2v) is 6.93. The van der Waals surface area contributed by atoms with Crippen LogP contribution in [0, 0.1) is 5.92 Å². The zero-order valence-electron chi connectivity index (χ0n) is 14.6. The van der Waals surface area contributed by atoms with Gasteiger partial charge in [0.2, 0.25) is 0 Å². The molecule has 0 saturated heterocycles. The second-order valence-electron chi connectivity index (χ2n) is 6.93. The summed E-state index contributed by atoms with van der Waals surface area (Å²) in [5.41, 5.74) is 3.79. The van der Waals surface area contributed by atoms with Gasteiger partial charge in [-0.05, 0) is 43.4 Å². The molecule has 1 unspecified atom stereocenters. The van der Waals surface area contributed by atoms with E-state index in [4.69, 9.17) is 0 Å². The van der Waals surface area contributed by atoms with Crippen molar-refractivity contribution < 1.29 is 4.79 Å². The second kappa shape index (κ2) is 7.04. The van der Waals surface area contributed by atoms with Crippen molar-refractivity contribution in [3.63, 3.8) is 0 Å². The van der Waals surface area contributed by atoms with E-state index in [0.717, 1.165) is 30.8 Å². The summed E-state index contributed by atoms with van der Waals surface area (Å²) in [5.74, 6) is 0.671. The van der Waals surface area contributed by atoms with Gasteiger partial charge in [-0.3, -0.25) is 9.78 Å². The molecule has 0 bridgehead atoms. The number of amides is 1. The number of hydrogen-bond donors (Lipinski definition) is 1. The number of anilines is 2. The van der Waals surface area contributed by atoms with Crippen molar-refractivity contribution in [3.8, 4) is 0 Å². The number of aromatic nitrogens is 1. The number of carbonyl (C=O) groups is 1. The van der Waals surface area contributed by atoms with E-state index in [2.05, 4.69) is 37.1 Å². The third kappa shape index (κ3) is 3.42. The van der Waals surface area contributed by atoms with Crippen LogP contribution in [0.4, 0.5) is 11.4 Å². The van der Waals surface area contributed by atoms with Crippen LogP contribution in [0.3, 0.4) is 0 Å². The van der Waals surface area contributed by atoms with Gasteiger partial charge in [0.05, 0.1) is 11.3 Å². The lowest BCUT2D eigenvalue weighted by Crippen LogP contribution is -2.35. The Balaban J connectivity index is 1.78. The Morgan fingerprint density at radius 2 is 2.12 bits per heavy atom. The van der Waals surface area contributed by atoms with E-state index < -0.39 is 0 Å². The molecule has 2 aromatic rings. The number of nitrogens with zero attached hydrogens (tertiary/aromatic N) is 2. The maximum absolute atomic E-state index is 13.0. The summed E-state index contributed by atoms with van der Waals surface area (Å²) in [6.07, 6.45) is 5.43. The predicted octanol–water partition coefficient (Wildman–Crippen LogP) is 4.13. The Kier molecular flexibility index (Phi) is 4.84. The molecule has 4 heteroatoms. The molecule has 1 aromatic heterocycles. The number of nitrogens with one attached hydrogen (secondary N) is 1. The van der Waals surface area contributed by atoms with Gasteiger partial charge in [0.1, 0.15) is 0 Å². The Labute approximate surface area is 143 Å². The van der Waals surface area contributed by atoms with Crippen LogP contribution in [0.15, 0.2) is 42.7 Å². The molecule has 1 aliphatic rings. The molecule has 0 spiro atoms. The number of carbonyl (C=O) groups excluding carboxylic acids is 1. The van der Waals surface area contributed by atoms with Crippen molar-refractivity contribution in [3.05, 3.63) is 53.9 Å². The topological polar surface area (TPSA) is 45.2 Å². The van der Waals surface area contributed by atoms with Crippen LogP contribution in [-0.2, 0) is 6.42 Å². The monoisotopic (exact) mass is 323 g/mol. The smallest absolute Gasteiger partial charge is 0.260 e. The van der Waals surface area contributed by atoms with Crippen molar-refractivity contribution in [1.29, 1.82) is 0 Å². The summed E-state index contributed by atoms with van der Waals surface area (Å²) in [4.78, 5) is 19.2. The Morgan fingerprint density at radius 3 is 2.92 bits per heavy atom. The Hall–Kier alpha value is -2.36. The fourth-order valence-corrected chi connectivity index (χ4v) is 3.17. The molecule has 3 rings (SSSR count). The van der Waals surface area contributed by atoms with Crippen LogP contribution in [-0.4, -0.2) is 23.5 Å². The summed E-state index contributed by atoms with van der Waals surface area (Å²) in [5, 5.41) is 3.36. The molecule has 0 fully saturated rings. The standard InChI is InChI=1S/C20H25N3O/c1-14(2)8-9-22-18-11-17(12-21-13-18)20(24)23-15(3)10-16-6-4-5-7-19(16)23/h4-7,11-15,22H,8-10H2,1-3H3. The number of para-hydroxylation sites is 1. The van der Waals surface area contributed by atoms with E-state index in [1.165, 1.54) is 5.56 Å². The quantitative estimate of drug-likeness (QED) is 0.900. The summed E-state index contributed by atoms with van der Waals surface area (Å²) in [7, 11) is 0. The minimum Gasteiger partial charge on any atom is -0.384 e. The zero-order valence-corrected chi connectivity index (χ0v) is 14.6. The highest BCUT2D eigenvalue weighted by Crippen LogP contribution is 2.33. The van der Waals surface area contributed by atoms with Crippen LogP contribution in [0.25, 0.3) is 0 Å². The fourth-order valence-electron chi connectivity index (χ4n) is 3.17. The normalized spacial score (nSPS) is 16.3. The third-order valence-corrected chi connectivity index (χ3v) is 4.46. The minimum atomic E-state index is 0.0208. The van der Waals surface area contributed by atoms with Gasteiger partial charge < -0.3 is 10.2 Å². The summed E-state index contributed by atoms with van der Waals surface area (Å²) < 4.78 is 0. The SMILES string of the molecule is CC(C)CCNc1cncc(C(=O)N2c3ccccc3CC2C)c1. The Morgan fingerprint density at radius 1 is 1.33 bits per heavy atom. The molecule has 1 aromatic carbocycles. The number of rotatable bonds is 5. The first kappa shape index (κ1) is 16.5. The molecule has 4 nitrogen and oxygen atoms in total. The van der Waals surface area contributed by atoms with Crippen molar-refractivity contribution in [2.24, 2.45) is 5.92 Å². The van der Waals surface area contributed by atoms with Crippen LogP contribution in [0.5, 0.6) is 0 Å². The average Bonchev–Trinajstić information content (AvgIpc) is 2.90. The van der Waals surface area contributed by atoms with Gasteiger partial charge in [0.25, 0.3) is 5.91 Å². The number of fused-ring (bicyclic) bond motifs is 1. The lowest BCUT2D eigenvalue weighted by molar-refractivity contribution is 0.0981. The van der Waals surface area contributed by atoms with E-state index in [-0.39, 0.29) is 11.9 Å². The molecule has 1 N–H and O–H groups in total. The molecule has 0 radical (unpaired) electrons. The van der Waals surface area contributed by atoms with Crippen LogP contribution in [0.1, 0.15) is 43.1 Å². The van der Waals surface area contributed by atoms with Crippen molar-refractivity contribution in [2.75, 3.05) is 16.8 Å². The third-order valence-electron chi connectivity index (χ3n) is 4.46. The molecule has 126 valence electrons. The van der Waals surface area contributed by atoms with Gasteiger partial charge in [-0.15, -0.1) is 0 Å². The first-order chi connectivity index (χ1) is 11.6. The van der Waals surface area contributed by atoms with Gasteiger partial charge in [-0.1, -0.05) is 32.0 Å². The predicted molar refractivity (Wildman–Crippen MR) is 98.6 cm³/mol. The largest absolute Gasteiger partial charge is 0.384 e. The van der Waals surface area contributed by atoms with Gasteiger partial charge in [0, 0.05) is 30.7 Å². The van der Waals surface area contributed by atoms with Crippen molar-refractivity contribution in [1.82, 2.24) is 4.98 Å². The van der Waals surface area contributed by atoms with Gasteiger partial charge in [-0.2, -0.15) is 0 Å². The molecule has 0 aliphatic carbocycles. The summed E-state index contributed by atoms with van der Waals surface area (Å²) in [6, 6.07) is 10.2. The highest BCUT2D eigenvalue weighted by molar-refractivity contribution is 6.08. The van der Waals surface area contributed by atoms with E-state index in [9.17, 15) is 4.79 Å². The van der Waals surface area contributed by atoms with E-state index in [0.29, 0.717) is 11.5 Å². The molecule has 1 aliphatic heterocycles. The molecule has 24 heavy (non-hydrogen) atoms. The molecular formula is C20H25N3O. The highest BCUT2D eigenvalue weighted by Gasteiger charge is 2.31. The lowest BCUT2D eigenvalue weighted by atomic mass is 10.1. The van der Waals surface area contributed by atoms with E-state index >= 15 is 0 Å². The van der Waals surface area contributed by atoms with Gasteiger partial charge >= 0.3 is 0 Å². The van der Waals surface area contributed by atoms with Crippen LogP contribution < -0.4 is 10.2 Å². The zero-order chi connectivity index (χ0) is 17.1. The van der Waals surface area contributed by atoms with Crippen molar-refractivity contribution >= 4 is 17.3 Å². The minimum absolute atomic E-state index is 0.0208.